The van der Waals surface area contributed by atoms with E-state index in [1.54, 1.807) is 24.3 Å². The van der Waals surface area contributed by atoms with E-state index in [2.05, 4.69) is 9.83 Å². The molecule has 0 bridgehead atoms. The van der Waals surface area contributed by atoms with Crippen molar-refractivity contribution in [3.63, 3.8) is 0 Å². The van der Waals surface area contributed by atoms with Gasteiger partial charge in [-0.25, -0.2) is 20.4 Å². The van der Waals surface area contributed by atoms with Crippen molar-refractivity contribution in [3.8, 4) is 5.75 Å². The van der Waals surface area contributed by atoms with Crippen molar-refractivity contribution < 1.29 is 29.1 Å². The van der Waals surface area contributed by atoms with Crippen LogP contribution in [0.25, 0.3) is 0 Å². The van der Waals surface area contributed by atoms with Crippen molar-refractivity contribution in [2.45, 2.75) is 12.5 Å². The summed E-state index contributed by atoms with van der Waals surface area (Å²) in [6.45, 7) is -0.750. The second kappa shape index (κ2) is 10.7. The average Bonchev–Trinajstić information content (AvgIpc) is 2.75. The molecule has 1 atom stereocenters. The molecule has 1 amide bonds. The van der Waals surface area contributed by atoms with Crippen molar-refractivity contribution in [1.29, 1.82) is 0 Å². The number of nitrogens with two attached hydrogens (primary N) is 4. The molecular weight excluding hydrogens is 408 g/mol. The Hall–Kier alpha value is -4.00. The van der Waals surface area contributed by atoms with Crippen LogP contribution in [0.2, 0.25) is 0 Å². The minimum absolute atomic E-state index is 0.0992. The van der Waals surface area contributed by atoms with Gasteiger partial charge in [0.25, 0.3) is 0 Å². The second-order valence-corrected chi connectivity index (χ2v) is 6.23. The predicted octanol–water partition coefficient (Wildman–Crippen LogP) is -1.17. The number of rotatable bonds is 8. The van der Waals surface area contributed by atoms with E-state index in [1.165, 1.54) is 24.3 Å². The highest BCUT2D eigenvalue weighted by Gasteiger charge is 2.28. The molecule has 0 saturated carbocycles. The van der Waals surface area contributed by atoms with Gasteiger partial charge in [0.2, 0.25) is 5.91 Å². The quantitative estimate of drug-likeness (QED) is 0.0644. The molecule has 0 aliphatic heterocycles. The molecule has 12 nitrogen and oxygen atoms in total. The van der Waals surface area contributed by atoms with Crippen LogP contribution in [-0.2, 0) is 20.8 Å². The van der Waals surface area contributed by atoms with Crippen LogP contribution in [-0.4, -0.2) is 46.6 Å². The first-order valence-electron chi connectivity index (χ1n) is 8.84. The van der Waals surface area contributed by atoms with Gasteiger partial charge < -0.3 is 26.1 Å². The van der Waals surface area contributed by atoms with Gasteiger partial charge in [-0.3, -0.25) is 9.80 Å². The number of esters is 1. The van der Waals surface area contributed by atoms with Crippen molar-refractivity contribution in [2.24, 2.45) is 28.2 Å². The third kappa shape index (κ3) is 6.50. The summed E-state index contributed by atoms with van der Waals surface area (Å²) in [7, 11) is 0. The molecule has 0 aromatic heterocycles. The number of hydrazine groups is 1. The summed E-state index contributed by atoms with van der Waals surface area (Å²) in [5, 5.41) is 9.74. The molecule has 164 valence electrons. The Morgan fingerprint density at radius 3 is 2.16 bits per heavy atom. The number of aliphatic hydroxyl groups excluding tert-OH is 1. The summed E-state index contributed by atoms with van der Waals surface area (Å²) in [6, 6.07) is 10.8. The zero-order chi connectivity index (χ0) is 23.0. The van der Waals surface area contributed by atoms with Crippen LogP contribution in [0.5, 0.6) is 5.75 Å². The molecule has 0 fully saturated rings. The molecule has 31 heavy (non-hydrogen) atoms. The van der Waals surface area contributed by atoms with Crippen molar-refractivity contribution in [1.82, 2.24) is 5.01 Å². The van der Waals surface area contributed by atoms with Crippen LogP contribution in [0.15, 0.2) is 53.5 Å². The summed E-state index contributed by atoms with van der Waals surface area (Å²) in [5.41, 5.74) is 11.9. The highest BCUT2D eigenvalue weighted by atomic mass is 16.7. The molecule has 0 radical (unpaired) electrons. The Morgan fingerprint density at radius 2 is 1.65 bits per heavy atom. The van der Waals surface area contributed by atoms with E-state index in [4.69, 9.17) is 27.9 Å². The van der Waals surface area contributed by atoms with Crippen molar-refractivity contribution in [2.75, 3.05) is 6.61 Å². The molecular formula is C19H22N6O6. The molecule has 2 aromatic rings. The Balaban J connectivity index is 1.98. The van der Waals surface area contributed by atoms with E-state index in [0.717, 1.165) is 0 Å². The van der Waals surface area contributed by atoms with E-state index < -0.39 is 30.5 Å². The third-order valence-electron chi connectivity index (χ3n) is 4.04. The van der Waals surface area contributed by atoms with Gasteiger partial charge in [0.15, 0.2) is 12.0 Å². The summed E-state index contributed by atoms with van der Waals surface area (Å²) >= 11 is 0. The average molecular weight is 430 g/mol. The first kappa shape index (κ1) is 23.3. The fraction of sp³-hybridized carbons (Fsp3) is 0.158. The molecule has 12 heteroatoms. The van der Waals surface area contributed by atoms with Gasteiger partial charge in [-0.15, -0.1) is 0 Å². The summed E-state index contributed by atoms with van der Waals surface area (Å²) in [4.78, 5) is 43.7. The van der Waals surface area contributed by atoms with Gasteiger partial charge >= 0.3 is 11.9 Å². The largest absolute Gasteiger partial charge is 0.423 e. The highest BCUT2D eigenvalue weighted by molar-refractivity contribution is 5.91. The summed E-state index contributed by atoms with van der Waals surface area (Å²) in [6.07, 6.45) is -0.175. The number of aliphatic hydroxyl groups is 1. The highest BCUT2D eigenvalue weighted by Crippen LogP contribution is 2.17. The molecule has 2 aromatic carbocycles. The summed E-state index contributed by atoms with van der Waals surface area (Å²) < 4.78 is 5.28. The number of ether oxygens (including phenoxy) is 1. The number of amides is 1. The van der Waals surface area contributed by atoms with Gasteiger partial charge in [-0.05, 0) is 42.0 Å². The molecule has 0 heterocycles. The van der Waals surface area contributed by atoms with Crippen molar-refractivity contribution in [3.05, 3.63) is 59.7 Å². The van der Waals surface area contributed by atoms with E-state index in [9.17, 15) is 19.5 Å². The van der Waals surface area contributed by atoms with E-state index >= 15 is 0 Å². The number of carbonyl (C=O) groups is 3. The molecule has 0 aliphatic carbocycles. The fourth-order valence-electron chi connectivity index (χ4n) is 2.46. The number of guanidine groups is 1. The number of hydrogen-bond donors (Lipinski definition) is 5. The smallest absolute Gasteiger partial charge is 0.351 e. The summed E-state index contributed by atoms with van der Waals surface area (Å²) in [5.74, 6) is 8.17. The topological polar surface area (TPSA) is 210 Å². The number of carbonyl (C=O) groups excluding carboxylic acids is 3. The SMILES string of the molecule is NOC(=O)[C@H](CO)N(N)C(=O)Cc1ccc(OC(=O)c2ccc(N=C(N)N)cc2)cc1. The Bertz CT molecular complexity index is 957. The van der Waals surface area contributed by atoms with E-state index in [0.29, 0.717) is 16.3 Å². The van der Waals surface area contributed by atoms with Crippen LogP contribution < -0.4 is 27.9 Å². The van der Waals surface area contributed by atoms with Gasteiger partial charge in [0, 0.05) is 0 Å². The minimum Gasteiger partial charge on any atom is -0.423 e. The van der Waals surface area contributed by atoms with Crippen LogP contribution in [0.3, 0.4) is 0 Å². The van der Waals surface area contributed by atoms with E-state index in [-0.39, 0.29) is 23.7 Å². The maximum absolute atomic E-state index is 12.2. The number of hydrogen-bond acceptors (Lipinski definition) is 9. The Labute approximate surface area is 176 Å². The van der Waals surface area contributed by atoms with Gasteiger partial charge in [-0.2, -0.15) is 5.90 Å². The molecule has 2 rings (SSSR count). The second-order valence-electron chi connectivity index (χ2n) is 6.23. The fourth-order valence-corrected chi connectivity index (χ4v) is 2.46. The number of nitrogens with zero attached hydrogens (tertiary/aromatic N) is 2. The first-order chi connectivity index (χ1) is 14.7. The van der Waals surface area contributed by atoms with Crippen LogP contribution in [0.4, 0.5) is 5.69 Å². The van der Waals surface area contributed by atoms with Crippen LogP contribution >= 0.6 is 0 Å². The third-order valence-corrected chi connectivity index (χ3v) is 4.04. The first-order valence-corrected chi connectivity index (χ1v) is 8.84. The number of aliphatic imine (C=N–C) groups is 1. The molecule has 0 spiro atoms. The van der Waals surface area contributed by atoms with Crippen LogP contribution in [0.1, 0.15) is 15.9 Å². The predicted molar refractivity (Wildman–Crippen MR) is 109 cm³/mol. The maximum atomic E-state index is 12.2. The Morgan fingerprint density at radius 1 is 1.03 bits per heavy atom. The standard InChI is InChI=1S/C19H22N6O6/c20-19(21)24-13-5-3-12(4-6-13)17(28)30-14-7-1-11(2-8-14)9-16(27)25(22)15(10-26)18(29)31-23/h1-8,15,26H,9-10,22-23H2,(H4,20,21,24)/t15-/m0/s1. The lowest BCUT2D eigenvalue weighted by molar-refractivity contribution is -0.157. The Kier molecular flexibility index (Phi) is 8.02. The monoisotopic (exact) mass is 430 g/mol. The number of benzene rings is 2. The van der Waals surface area contributed by atoms with Gasteiger partial charge in [0.1, 0.15) is 5.75 Å². The zero-order valence-electron chi connectivity index (χ0n) is 16.3. The van der Waals surface area contributed by atoms with Crippen LogP contribution in [0, 0.1) is 0 Å². The van der Waals surface area contributed by atoms with E-state index in [1.807, 2.05) is 0 Å². The minimum atomic E-state index is -1.42. The normalized spacial score (nSPS) is 11.2. The lowest BCUT2D eigenvalue weighted by atomic mass is 10.1. The molecule has 0 aliphatic rings. The molecule has 0 unspecified atom stereocenters. The van der Waals surface area contributed by atoms with Gasteiger partial charge in [-0.1, -0.05) is 12.1 Å². The maximum Gasteiger partial charge on any atom is 0.351 e. The lowest BCUT2D eigenvalue weighted by Crippen LogP contribution is -2.53. The van der Waals surface area contributed by atoms with Gasteiger partial charge in [0.05, 0.1) is 24.3 Å². The van der Waals surface area contributed by atoms with Crippen molar-refractivity contribution >= 4 is 29.5 Å². The molecule has 0 saturated heterocycles. The lowest BCUT2D eigenvalue weighted by Gasteiger charge is -2.23. The molecule has 9 N–H and O–H groups in total. The zero-order valence-corrected chi connectivity index (χ0v) is 16.3.